The van der Waals surface area contributed by atoms with Gasteiger partial charge in [-0.3, -0.25) is 4.79 Å². The monoisotopic (exact) mass is 369 g/mol. The zero-order chi connectivity index (χ0) is 19.7. The Kier molecular flexibility index (Phi) is 15.2. The SMILES string of the molecule is CCCCCCCCCCCCCCCC(=O)C(N)(CCC=O)C(=O)O. The summed E-state index contributed by atoms with van der Waals surface area (Å²) in [6, 6.07) is 0. The van der Waals surface area contributed by atoms with Gasteiger partial charge in [-0.25, -0.2) is 4.79 Å². The number of ketones is 1. The first-order valence-corrected chi connectivity index (χ1v) is 10.5. The first kappa shape index (κ1) is 24.8. The van der Waals surface area contributed by atoms with E-state index in [4.69, 9.17) is 5.73 Å². The maximum absolute atomic E-state index is 12.1. The lowest BCUT2D eigenvalue weighted by Gasteiger charge is -2.22. The molecule has 1 unspecified atom stereocenters. The molecule has 0 aliphatic carbocycles. The van der Waals surface area contributed by atoms with Gasteiger partial charge in [0.2, 0.25) is 0 Å². The van der Waals surface area contributed by atoms with Crippen LogP contribution in [0.15, 0.2) is 0 Å². The molecule has 152 valence electrons. The molecule has 0 amide bonds. The predicted molar refractivity (Wildman–Crippen MR) is 105 cm³/mol. The molecule has 0 heterocycles. The number of nitrogens with two attached hydrogens (primary N) is 1. The van der Waals surface area contributed by atoms with Crippen LogP contribution >= 0.6 is 0 Å². The van der Waals surface area contributed by atoms with Crippen LogP contribution in [0.5, 0.6) is 0 Å². The number of Topliss-reactive ketones (excluding diaryl/α,β-unsaturated/α-hetero) is 1. The largest absolute Gasteiger partial charge is 0.480 e. The second kappa shape index (κ2) is 16.0. The van der Waals surface area contributed by atoms with Crippen molar-refractivity contribution in [3.8, 4) is 0 Å². The van der Waals surface area contributed by atoms with Gasteiger partial charge in [-0.15, -0.1) is 0 Å². The third-order valence-corrected chi connectivity index (χ3v) is 5.04. The lowest BCUT2D eigenvalue weighted by Crippen LogP contribution is -2.54. The number of carbonyl (C=O) groups excluding carboxylic acids is 2. The highest BCUT2D eigenvalue weighted by Crippen LogP contribution is 2.17. The maximum Gasteiger partial charge on any atom is 0.331 e. The third-order valence-electron chi connectivity index (χ3n) is 5.04. The van der Waals surface area contributed by atoms with Crippen molar-refractivity contribution < 1.29 is 19.5 Å². The Labute approximate surface area is 159 Å². The molecular formula is C21H39NO4. The highest BCUT2D eigenvalue weighted by molar-refractivity contribution is 6.07. The molecule has 0 bridgehead atoms. The number of aliphatic carboxylic acids is 1. The van der Waals surface area contributed by atoms with Crippen LogP contribution in [0.1, 0.15) is 110 Å². The molecule has 0 aromatic carbocycles. The number of hydrogen-bond donors (Lipinski definition) is 2. The Hall–Kier alpha value is -1.23. The van der Waals surface area contributed by atoms with Crippen molar-refractivity contribution in [2.75, 3.05) is 0 Å². The minimum atomic E-state index is -1.90. The lowest BCUT2D eigenvalue weighted by molar-refractivity contribution is -0.148. The molecule has 0 rings (SSSR count). The van der Waals surface area contributed by atoms with Crippen LogP contribution in [0.3, 0.4) is 0 Å². The summed E-state index contributed by atoms with van der Waals surface area (Å²) >= 11 is 0. The molecule has 0 aromatic heterocycles. The predicted octanol–water partition coefficient (Wildman–Crippen LogP) is 4.80. The van der Waals surface area contributed by atoms with E-state index in [0.29, 0.717) is 12.7 Å². The van der Waals surface area contributed by atoms with E-state index in [2.05, 4.69) is 6.92 Å². The quantitative estimate of drug-likeness (QED) is 0.194. The molecule has 0 saturated heterocycles. The smallest absolute Gasteiger partial charge is 0.331 e. The van der Waals surface area contributed by atoms with Crippen molar-refractivity contribution in [2.45, 2.75) is 115 Å². The fourth-order valence-corrected chi connectivity index (χ4v) is 3.18. The number of carboxylic acids is 1. The Morgan fingerprint density at radius 1 is 0.846 bits per heavy atom. The van der Waals surface area contributed by atoms with Gasteiger partial charge in [0.05, 0.1) is 0 Å². The minimum Gasteiger partial charge on any atom is -0.480 e. The van der Waals surface area contributed by atoms with Gasteiger partial charge in [0.15, 0.2) is 11.3 Å². The van der Waals surface area contributed by atoms with E-state index in [1.807, 2.05) is 0 Å². The molecule has 0 spiro atoms. The molecule has 3 N–H and O–H groups in total. The van der Waals surface area contributed by atoms with E-state index in [-0.39, 0.29) is 19.3 Å². The molecule has 0 saturated carbocycles. The maximum atomic E-state index is 12.1. The van der Waals surface area contributed by atoms with Gasteiger partial charge in [-0.1, -0.05) is 84.0 Å². The number of carboxylic acid groups (broad SMARTS) is 1. The van der Waals surface area contributed by atoms with Gasteiger partial charge in [0.25, 0.3) is 0 Å². The van der Waals surface area contributed by atoms with Crippen LogP contribution in [0.2, 0.25) is 0 Å². The standard InChI is InChI=1S/C21H39NO4/c1-2-3-4-5-6-7-8-9-10-11-12-13-14-16-19(24)21(22,20(25)26)17-15-18-23/h18H,2-17,22H2,1H3,(H,25,26). The molecule has 5 nitrogen and oxygen atoms in total. The Morgan fingerprint density at radius 2 is 1.27 bits per heavy atom. The van der Waals surface area contributed by atoms with Crippen molar-refractivity contribution in [2.24, 2.45) is 5.73 Å². The van der Waals surface area contributed by atoms with E-state index in [1.54, 1.807) is 0 Å². The zero-order valence-corrected chi connectivity index (χ0v) is 16.6. The van der Waals surface area contributed by atoms with Gasteiger partial charge in [-0.05, 0) is 12.8 Å². The van der Waals surface area contributed by atoms with E-state index in [1.165, 1.54) is 64.2 Å². The summed E-state index contributed by atoms with van der Waals surface area (Å²) < 4.78 is 0. The molecule has 1 atom stereocenters. The number of aldehydes is 1. The summed E-state index contributed by atoms with van der Waals surface area (Å²) in [4.78, 5) is 33.8. The van der Waals surface area contributed by atoms with Crippen molar-refractivity contribution in [1.29, 1.82) is 0 Å². The summed E-state index contributed by atoms with van der Waals surface area (Å²) in [6.07, 6.45) is 16.4. The fraction of sp³-hybridized carbons (Fsp3) is 0.857. The first-order valence-electron chi connectivity index (χ1n) is 10.5. The number of unbranched alkanes of at least 4 members (excludes halogenated alkanes) is 12. The second-order valence-corrected chi connectivity index (χ2v) is 7.40. The van der Waals surface area contributed by atoms with Gasteiger partial charge < -0.3 is 15.6 Å². The Bertz CT molecular complexity index is 397. The topological polar surface area (TPSA) is 97.5 Å². The van der Waals surface area contributed by atoms with Crippen molar-refractivity contribution in [3.63, 3.8) is 0 Å². The van der Waals surface area contributed by atoms with Gasteiger partial charge in [-0.2, -0.15) is 0 Å². The average Bonchev–Trinajstić information content (AvgIpc) is 2.63. The lowest BCUT2D eigenvalue weighted by atomic mass is 9.87. The number of rotatable bonds is 19. The van der Waals surface area contributed by atoms with Crippen LogP contribution in [-0.2, 0) is 14.4 Å². The van der Waals surface area contributed by atoms with Crippen LogP contribution in [0.25, 0.3) is 0 Å². The summed E-state index contributed by atoms with van der Waals surface area (Å²) in [6.45, 7) is 2.24. The van der Waals surface area contributed by atoms with Crippen LogP contribution in [-0.4, -0.2) is 28.7 Å². The summed E-state index contributed by atoms with van der Waals surface area (Å²) in [5, 5.41) is 9.17. The van der Waals surface area contributed by atoms with Gasteiger partial charge >= 0.3 is 5.97 Å². The molecule has 0 fully saturated rings. The van der Waals surface area contributed by atoms with Gasteiger partial charge in [0.1, 0.15) is 6.29 Å². The average molecular weight is 370 g/mol. The number of hydrogen-bond acceptors (Lipinski definition) is 4. The summed E-state index contributed by atoms with van der Waals surface area (Å²) in [7, 11) is 0. The molecule has 0 radical (unpaired) electrons. The van der Waals surface area contributed by atoms with Gasteiger partial charge in [0, 0.05) is 12.8 Å². The highest BCUT2D eigenvalue weighted by atomic mass is 16.4. The van der Waals surface area contributed by atoms with Crippen molar-refractivity contribution in [3.05, 3.63) is 0 Å². The van der Waals surface area contributed by atoms with E-state index in [9.17, 15) is 19.5 Å². The van der Waals surface area contributed by atoms with Crippen molar-refractivity contribution >= 4 is 18.0 Å². The molecule has 0 aromatic rings. The minimum absolute atomic E-state index is 0.00680. The van der Waals surface area contributed by atoms with Crippen LogP contribution in [0.4, 0.5) is 0 Å². The molecular weight excluding hydrogens is 330 g/mol. The normalized spacial score (nSPS) is 13.3. The van der Waals surface area contributed by atoms with E-state index < -0.39 is 17.3 Å². The fourth-order valence-electron chi connectivity index (χ4n) is 3.18. The molecule has 26 heavy (non-hydrogen) atoms. The van der Waals surface area contributed by atoms with Crippen molar-refractivity contribution in [1.82, 2.24) is 0 Å². The number of carbonyl (C=O) groups is 3. The van der Waals surface area contributed by atoms with E-state index >= 15 is 0 Å². The van der Waals surface area contributed by atoms with E-state index in [0.717, 1.165) is 12.8 Å². The van der Waals surface area contributed by atoms with Crippen LogP contribution < -0.4 is 5.73 Å². The Morgan fingerprint density at radius 3 is 1.65 bits per heavy atom. The third kappa shape index (κ3) is 11.4. The Balaban J connectivity index is 3.63. The first-order chi connectivity index (χ1) is 12.5. The molecule has 0 aliphatic rings. The molecule has 5 heteroatoms. The zero-order valence-electron chi connectivity index (χ0n) is 16.6. The summed E-state index contributed by atoms with van der Waals surface area (Å²) in [5.74, 6) is -1.80. The van der Waals surface area contributed by atoms with Crippen LogP contribution in [0, 0.1) is 0 Å². The highest BCUT2D eigenvalue weighted by Gasteiger charge is 2.40. The second-order valence-electron chi connectivity index (χ2n) is 7.40. The summed E-state index contributed by atoms with van der Waals surface area (Å²) in [5.41, 5.74) is 3.80. The molecule has 0 aliphatic heterocycles.